The molecule has 23 heavy (non-hydrogen) atoms. The highest BCUT2D eigenvalue weighted by Gasteiger charge is 2.23. The number of thioether (sulfide) groups is 1. The van der Waals surface area contributed by atoms with Crippen molar-refractivity contribution in [2.45, 2.75) is 38.1 Å². The smallest absolute Gasteiger partial charge is 0.209 e. The van der Waals surface area contributed by atoms with Crippen molar-refractivity contribution in [2.24, 2.45) is 4.99 Å². The molecular weight excluding hydrogens is 305 g/mol. The molecule has 2 aromatic carbocycles. The van der Waals surface area contributed by atoms with Gasteiger partial charge in [-0.05, 0) is 43.9 Å². The molecule has 3 heteroatoms. The first kappa shape index (κ1) is 16.0. The third-order valence-electron chi connectivity index (χ3n) is 3.97. The maximum atomic E-state index is 13.8. The minimum atomic E-state index is -0.365. The molecule has 1 atom stereocenters. The average Bonchev–Trinajstić information content (AvgIpc) is 2.83. The number of aryl methyl sites for hydroxylation is 3. The monoisotopic (exact) mass is 325 g/mol. The van der Waals surface area contributed by atoms with Crippen molar-refractivity contribution in [1.29, 1.82) is 0 Å². The Morgan fingerprint density at radius 2 is 1.70 bits per heavy atom. The fraction of sp³-hybridized carbons (Fsp3) is 0.250. The Kier molecular flexibility index (Phi) is 4.67. The first-order valence-electron chi connectivity index (χ1n) is 7.77. The Morgan fingerprint density at radius 3 is 2.35 bits per heavy atom. The van der Waals surface area contributed by atoms with E-state index >= 15 is 0 Å². The summed E-state index contributed by atoms with van der Waals surface area (Å²) >= 11 is 1.65. The number of halogens is 1. The van der Waals surface area contributed by atoms with Crippen LogP contribution < -0.4 is 0 Å². The van der Waals surface area contributed by atoms with Crippen molar-refractivity contribution in [1.82, 2.24) is 0 Å². The standard InChI is InChI=1S/C20H20FNS/c1-13-9-14(2)20(15(3)10-13)23-18-12-19(21)22-17(18)11-16-7-5-4-6-8-16/h4-10,12,17H,11H2,1-3H3. The molecule has 1 heterocycles. The number of aliphatic imine (C=N–C) groups is 1. The van der Waals surface area contributed by atoms with Crippen LogP contribution in [0.25, 0.3) is 0 Å². The van der Waals surface area contributed by atoms with Crippen LogP contribution in [0.15, 0.2) is 63.3 Å². The predicted molar refractivity (Wildman–Crippen MR) is 97.1 cm³/mol. The molecule has 0 saturated carbocycles. The predicted octanol–water partition coefficient (Wildman–Crippen LogP) is 5.58. The molecule has 3 rings (SSSR count). The van der Waals surface area contributed by atoms with E-state index in [2.05, 4.69) is 50.0 Å². The summed E-state index contributed by atoms with van der Waals surface area (Å²) in [4.78, 5) is 6.38. The van der Waals surface area contributed by atoms with Crippen LogP contribution in [0.4, 0.5) is 4.39 Å². The van der Waals surface area contributed by atoms with Crippen LogP contribution in [0.3, 0.4) is 0 Å². The van der Waals surface area contributed by atoms with Gasteiger partial charge in [0, 0.05) is 15.9 Å². The Morgan fingerprint density at radius 1 is 1.04 bits per heavy atom. The number of benzene rings is 2. The van der Waals surface area contributed by atoms with Gasteiger partial charge in [-0.2, -0.15) is 4.39 Å². The summed E-state index contributed by atoms with van der Waals surface area (Å²) in [6.07, 6.45) is 2.31. The largest absolute Gasteiger partial charge is 0.249 e. The van der Waals surface area contributed by atoms with Crippen molar-refractivity contribution in [3.63, 3.8) is 0 Å². The van der Waals surface area contributed by atoms with E-state index in [0.717, 1.165) is 11.3 Å². The second-order valence-corrected chi connectivity index (χ2v) is 7.12. The highest BCUT2D eigenvalue weighted by molar-refractivity contribution is 8.03. The molecule has 0 spiro atoms. The lowest BCUT2D eigenvalue weighted by atomic mass is 10.1. The van der Waals surface area contributed by atoms with Crippen LogP contribution in [0.1, 0.15) is 22.3 Å². The van der Waals surface area contributed by atoms with Gasteiger partial charge in [-0.15, -0.1) is 0 Å². The zero-order valence-electron chi connectivity index (χ0n) is 13.6. The number of nitrogens with zero attached hydrogens (tertiary/aromatic N) is 1. The first-order valence-corrected chi connectivity index (χ1v) is 8.59. The molecule has 0 amide bonds. The molecule has 1 aliphatic rings. The van der Waals surface area contributed by atoms with Gasteiger partial charge in [0.15, 0.2) is 0 Å². The normalized spacial score (nSPS) is 17.1. The minimum Gasteiger partial charge on any atom is -0.249 e. The van der Waals surface area contributed by atoms with Crippen molar-refractivity contribution < 1.29 is 4.39 Å². The highest BCUT2D eigenvalue weighted by Crippen LogP contribution is 2.38. The van der Waals surface area contributed by atoms with E-state index in [1.807, 2.05) is 18.2 Å². The average molecular weight is 325 g/mol. The van der Waals surface area contributed by atoms with Gasteiger partial charge in [-0.25, -0.2) is 4.99 Å². The van der Waals surface area contributed by atoms with Gasteiger partial charge in [0.2, 0.25) is 5.97 Å². The number of allylic oxidation sites excluding steroid dienone is 1. The molecule has 0 aliphatic carbocycles. The summed E-state index contributed by atoms with van der Waals surface area (Å²) in [5.41, 5.74) is 4.91. The summed E-state index contributed by atoms with van der Waals surface area (Å²) in [6, 6.07) is 14.4. The van der Waals surface area contributed by atoms with Gasteiger partial charge in [0.1, 0.15) is 0 Å². The minimum absolute atomic E-state index is 0.123. The molecule has 0 N–H and O–H groups in total. The number of hydrogen-bond acceptors (Lipinski definition) is 2. The third-order valence-corrected chi connectivity index (χ3v) is 5.44. The van der Waals surface area contributed by atoms with Gasteiger partial charge >= 0.3 is 0 Å². The molecule has 0 radical (unpaired) electrons. The van der Waals surface area contributed by atoms with E-state index in [9.17, 15) is 4.39 Å². The summed E-state index contributed by atoms with van der Waals surface area (Å²) in [7, 11) is 0. The molecule has 1 unspecified atom stereocenters. The first-order chi connectivity index (χ1) is 11.0. The van der Waals surface area contributed by atoms with Crippen LogP contribution in [0.2, 0.25) is 0 Å². The Bertz CT molecular complexity index is 754. The summed E-state index contributed by atoms with van der Waals surface area (Å²) in [5.74, 6) is -0.365. The fourth-order valence-electron chi connectivity index (χ4n) is 2.99. The van der Waals surface area contributed by atoms with Crippen molar-refractivity contribution in [3.05, 3.63) is 75.7 Å². The Balaban J connectivity index is 1.83. The molecule has 0 aromatic heterocycles. The molecule has 1 nitrogen and oxygen atoms in total. The lowest BCUT2D eigenvalue weighted by Gasteiger charge is -2.16. The van der Waals surface area contributed by atoms with Crippen molar-refractivity contribution >= 4 is 17.7 Å². The second-order valence-electron chi connectivity index (χ2n) is 6.03. The van der Waals surface area contributed by atoms with E-state index in [4.69, 9.17) is 0 Å². The van der Waals surface area contributed by atoms with Gasteiger partial charge in [0.05, 0.1) is 6.04 Å². The zero-order valence-corrected chi connectivity index (χ0v) is 14.5. The Hall–Kier alpha value is -1.87. The maximum absolute atomic E-state index is 13.8. The maximum Gasteiger partial charge on any atom is 0.209 e. The summed E-state index contributed by atoms with van der Waals surface area (Å²) in [5, 5.41) is 0. The van der Waals surface area contributed by atoms with E-state index in [0.29, 0.717) is 0 Å². The number of rotatable bonds is 4. The van der Waals surface area contributed by atoms with E-state index < -0.39 is 0 Å². The van der Waals surface area contributed by atoms with Crippen LogP contribution in [0.5, 0.6) is 0 Å². The fourth-order valence-corrected chi connectivity index (χ4v) is 4.09. The molecule has 0 saturated heterocycles. The van der Waals surface area contributed by atoms with Gasteiger partial charge < -0.3 is 0 Å². The van der Waals surface area contributed by atoms with Gasteiger partial charge in [-0.1, -0.05) is 59.8 Å². The molecule has 0 fully saturated rings. The van der Waals surface area contributed by atoms with E-state index in [1.165, 1.54) is 27.1 Å². The van der Waals surface area contributed by atoms with E-state index in [1.54, 1.807) is 17.8 Å². The van der Waals surface area contributed by atoms with Crippen LogP contribution in [0, 0.1) is 20.8 Å². The molecular formula is C20H20FNS. The quantitative estimate of drug-likeness (QED) is 0.714. The molecule has 118 valence electrons. The molecule has 0 bridgehead atoms. The lowest BCUT2D eigenvalue weighted by Crippen LogP contribution is -2.08. The Labute approximate surface area is 141 Å². The van der Waals surface area contributed by atoms with Crippen molar-refractivity contribution in [2.75, 3.05) is 0 Å². The van der Waals surface area contributed by atoms with Crippen molar-refractivity contribution in [3.8, 4) is 0 Å². The third kappa shape index (κ3) is 3.73. The number of hydrogen-bond donors (Lipinski definition) is 0. The SMILES string of the molecule is Cc1cc(C)c(SC2=CC(F)=NC2Cc2ccccc2)c(C)c1. The van der Waals surface area contributed by atoms with Crippen LogP contribution in [-0.4, -0.2) is 12.0 Å². The van der Waals surface area contributed by atoms with Gasteiger partial charge in [0.25, 0.3) is 0 Å². The van der Waals surface area contributed by atoms with Gasteiger partial charge in [-0.3, -0.25) is 0 Å². The topological polar surface area (TPSA) is 12.4 Å². The van der Waals surface area contributed by atoms with Crippen LogP contribution in [-0.2, 0) is 6.42 Å². The summed E-state index contributed by atoms with van der Waals surface area (Å²) in [6.45, 7) is 6.33. The molecule has 1 aliphatic heterocycles. The highest BCUT2D eigenvalue weighted by atomic mass is 32.2. The zero-order chi connectivity index (χ0) is 16.4. The second kappa shape index (κ2) is 6.71. The molecule has 2 aromatic rings. The van der Waals surface area contributed by atoms with E-state index in [-0.39, 0.29) is 12.0 Å². The lowest BCUT2D eigenvalue weighted by molar-refractivity contribution is 0.765. The van der Waals surface area contributed by atoms with Crippen LogP contribution >= 0.6 is 11.8 Å². The summed E-state index contributed by atoms with van der Waals surface area (Å²) < 4.78 is 13.8.